The van der Waals surface area contributed by atoms with Crippen molar-refractivity contribution >= 4 is 11.4 Å². The van der Waals surface area contributed by atoms with E-state index in [9.17, 15) is 19.1 Å². The van der Waals surface area contributed by atoms with Crippen LogP contribution in [0.2, 0.25) is 0 Å². The molecule has 6 heteroatoms. The number of hydrogen-bond acceptors (Lipinski definition) is 5. The second-order valence-electron chi connectivity index (χ2n) is 8.24. The van der Waals surface area contributed by atoms with Gasteiger partial charge in [0, 0.05) is 11.7 Å². The Labute approximate surface area is 191 Å². The van der Waals surface area contributed by atoms with Crippen molar-refractivity contribution in [2.45, 2.75) is 31.8 Å². The summed E-state index contributed by atoms with van der Waals surface area (Å²) in [5.74, 6) is -0.873. The summed E-state index contributed by atoms with van der Waals surface area (Å²) in [6.45, 7) is 4.13. The Morgan fingerprint density at radius 3 is 2.24 bits per heavy atom. The number of rotatable bonds is 8. The first-order valence-corrected chi connectivity index (χ1v) is 10.8. The minimum Gasteiger partial charge on any atom is -0.502 e. The smallest absolute Gasteiger partial charge is 0.271 e. The van der Waals surface area contributed by atoms with Gasteiger partial charge in [0.25, 0.3) is 10.9 Å². The summed E-state index contributed by atoms with van der Waals surface area (Å²) in [6, 6.07) is 23.9. The van der Waals surface area contributed by atoms with Crippen molar-refractivity contribution in [3.63, 3.8) is 0 Å². The van der Waals surface area contributed by atoms with Crippen molar-refractivity contribution < 1.29 is 9.50 Å². The third kappa shape index (κ3) is 4.30. The number of hydrogen-bond donors (Lipinski definition) is 3. The van der Waals surface area contributed by atoms with Gasteiger partial charge in [-0.05, 0) is 54.3 Å². The van der Waals surface area contributed by atoms with Crippen LogP contribution < -0.4 is 21.5 Å². The van der Waals surface area contributed by atoms with Gasteiger partial charge in [0.1, 0.15) is 11.5 Å². The summed E-state index contributed by atoms with van der Waals surface area (Å²) in [5.41, 5.74) is 0.975. The van der Waals surface area contributed by atoms with Gasteiger partial charge in [-0.15, -0.1) is 0 Å². The van der Waals surface area contributed by atoms with Crippen LogP contribution >= 0.6 is 0 Å². The number of anilines is 2. The van der Waals surface area contributed by atoms with Gasteiger partial charge < -0.3 is 10.4 Å². The Morgan fingerprint density at radius 1 is 0.909 bits per heavy atom. The Hall–Kier alpha value is -3.77. The summed E-state index contributed by atoms with van der Waals surface area (Å²) in [7, 11) is 0. The Morgan fingerprint density at radius 2 is 1.61 bits per heavy atom. The van der Waals surface area contributed by atoms with E-state index in [2.05, 4.69) is 29.7 Å². The van der Waals surface area contributed by atoms with E-state index in [-0.39, 0.29) is 17.5 Å². The zero-order valence-electron chi connectivity index (χ0n) is 18.4. The highest BCUT2D eigenvalue weighted by atomic mass is 19.1. The fraction of sp³-hybridized carbons (Fsp3) is 0.185. The fourth-order valence-electron chi connectivity index (χ4n) is 4.12. The lowest BCUT2D eigenvalue weighted by Gasteiger charge is -2.37. The molecule has 0 fully saturated rings. The first-order valence-electron chi connectivity index (χ1n) is 10.8. The van der Waals surface area contributed by atoms with Gasteiger partial charge in [0.2, 0.25) is 0 Å². The van der Waals surface area contributed by atoms with E-state index in [1.807, 2.05) is 43.3 Å². The molecule has 0 spiro atoms. The summed E-state index contributed by atoms with van der Waals surface area (Å²) in [4.78, 5) is 23.1. The molecule has 5 nitrogen and oxygen atoms in total. The van der Waals surface area contributed by atoms with Crippen LogP contribution in [0.25, 0.3) is 0 Å². The van der Waals surface area contributed by atoms with Gasteiger partial charge in [0.15, 0.2) is 5.75 Å². The maximum absolute atomic E-state index is 13.7. The zero-order chi connectivity index (χ0) is 23.6. The van der Waals surface area contributed by atoms with E-state index in [1.165, 1.54) is 12.1 Å². The van der Waals surface area contributed by atoms with E-state index in [0.717, 1.165) is 23.1 Å². The molecule has 0 aliphatic rings. The summed E-state index contributed by atoms with van der Waals surface area (Å²) in [6.07, 6.45) is 0.829. The van der Waals surface area contributed by atoms with Gasteiger partial charge >= 0.3 is 0 Å². The topological polar surface area (TPSA) is 78.4 Å². The third-order valence-electron chi connectivity index (χ3n) is 6.09. The van der Waals surface area contributed by atoms with Gasteiger partial charge in [0.05, 0.1) is 5.54 Å². The first kappa shape index (κ1) is 22.4. The molecule has 4 rings (SSSR count). The van der Waals surface area contributed by atoms with Gasteiger partial charge in [-0.25, -0.2) is 4.39 Å². The molecule has 4 aromatic carbocycles. The largest absolute Gasteiger partial charge is 0.502 e. The summed E-state index contributed by atoms with van der Waals surface area (Å²) >= 11 is 0. The molecule has 2 atom stereocenters. The van der Waals surface area contributed by atoms with Crippen LogP contribution in [0, 0.1) is 5.82 Å². The van der Waals surface area contributed by atoms with Crippen LogP contribution in [0.3, 0.4) is 0 Å². The van der Waals surface area contributed by atoms with Gasteiger partial charge in [-0.1, -0.05) is 61.5 Å². The maximum Gasteiger partial charge on any atom is 0.271 e. The average Bonchev–Trinajstić information content (AvgIpc) is 2.86. The van der Waals surface area contributed by atoms with Crippen molar-refractivity contribution in [1.82, 2.24) is 5.32 Å². The number of halogens is 1. The highest BCUT2D eigenvalue weighted by molar-refractivity contribution is 5.69. The van der Waals surface area contributed by atoms with Crippen molar-refractivity contribution in [3.05, 3.63) is 122 Å². The molecule has 4 aromatic rings. The Kier molecular flexibility index (Phi) is 6.11. The second-order valence-corrected chi connectivity index (χ2v) is 8.24. The highest BCUT2D eigenvalue weighted by Gasteiger charge is 2.32. The van der Waals surface area contributed by atoms with E-state index in [4.69, 9.17) is 0 Å². The Balaban J connectivity index is 1.76. The molecule has 0 aliphatic carbocycles. The van der Waals surface area contributed by atoms with Crippen molar-refractivity contribution in [1.29, 1.82) is 0 Å². The predicted molar refractivity (Wildman–Crippen MR) is 128 cm³/mol. The fourth-order valence-corrected chi connectivity index (χ4v) is 4.12. The molecule has 168 valence electrons. The maximum atomic E-state index is 13.7. The molecule has 0 radical (unpaired) electrons. The SMILES string of the molecule is CC[C@@H](NC(C)(c1ccc(F)cc1)c1cccc(Nc2c(O)c(=O)c2=O)c1)c1ccccc1. The minimum atomic E-state index is -0.889. The quantitative estimate of drug-likeness (QED) is 0.338. The number of aromatic hydroxyl groups is 1. The van der Waals surface area contributed by atoms with Crippen molar-refractivity contribution in [2.24, 2.45) is 0 Å². The lowest BCUT2D eigenvalue weighted by molar-refractivity contribution is 0.364. The van der Waals surface area contributed by atoms with E-state index < -0.39 is 22.1 Å². The molecule has 0 saturated carbocycles. The van der Waals surface area contributed by atoms with E-state index >= 15 is 0 Å². The molecule has 3 N–H and O–H groups in total. The standard InChI is InChI=1S/C27H25FN2O3/c1-3-22(17-8-5-4-6-9-17)30-27(2,18-12-14-20(28)15-13-18)19-10-7-11-21(16-19)29-23-24(31)26(33)25(23)32/h4-16,22,29-31H,3H2,1-2H3/t22-,27?/m1/s1. The number of benzene rings is 3. The van der Waals surface area contributed by atoms with E-state index in [0.29, 0.717) is 5.69 Å². The zero-order valence-corrected chi connectivity index (χ0v) is 18.4. The van der Waals surface area contributed by atoms with Crippen LogP contribution in [0.15, 0.2) is 88.5 Å². The van der Waals surface area contributed by atoms with Crippen LogP contribution in [-0.4, -0.2) is 5.11 Å². The summed E-state index contributed by atoms with van der Waals surface area (Å²) in [5, 5.41) is 16.3. The molecule has 0 saturated heterocycles. The van der Waals surface area contributed by atoms with Crippen LogP contribution in [0.5, 0.6) is 5.75 Å². The lowest BCUT2D eigenvalue weighted by Crippen LogP contribution is -2.43. The first-order chi connectivity index (χ1) is 15.8. The van der Waals surface area contributed by atoms with Crippen molar-refractivity contribution in [3.8, 4) is 5.75 Å². The second kappa shape index (κ2) is 9.00. The lowest BCUT2D eigenvalue weighted by atomic mass is 9.82. The molecule has 0 aliphatic heterocycles. The van der Waals surface area contributed by atoms with Gasteiger partial charge in [-0.2, -0.15) is 0 Å². The van der Waals surface area contributed by atoms with Crippen LogP contribution in [0.1, 0.15) is 43.0 Å². The molecular weight excluding hydrogens is 419 g/mol. The monoisotopic (exact) mass is 444 g/mol. The van der Waals surface area contributed by atoms with Crippen LogP contribution in [0.4, 0.5) is 15.8 Å². The molecule has 33 heavy (non-hydrogen) atoms. The summed E-state index contributed by atoms with van der Waals surface area (Å²) < 4.78 is 13.7. The third-order valence-corrected chi connectivity index (χ3v) is 6.09. The molecule has 0 amide bonds. The Bertz CT molecular complexity index is 1330. The average molecular weight is 445 g/mol. The van der Waals surface area contributed by atoms with Gasteiger partial charge in [-0.3, -0.25) is 14.9 Å². The molecule has 0 aromatic heterocycles. The minimum absolute atomic E-state index is 0.0236. The highest BCUT2D eigenvalue weighted by Crippen LogP contribution is 2.35. The van der Waals surface area contributed by atoms with Crippen molar-refractivity contribution in [2.75, 3.05) is 5.32 Å². The molecule has 0 heterocycles. The molecule has 0 bridgehead atoms. The number of nitrogens with one attached hydrogen (secondary N) is 2. The predicted octanol–water partition coefficient (Wildman–Crippen LogP) is 4.88. The van der Waals surface area contributed by atoms with Crippen LogP contribution in [-0.2, 0) is 5.54 Å². The molecular formula is C27H25FN2O3. The molecule has 1 unspecified atom stereocenters. The normalized spacial score (nSPS) is 14.0. The van der Waals surface area contributed by atoms with E-state index in [1.54, 1.807) is 18.2 Å².